The number of amides is 1. The van der Waals surface area contributed by atoms with Crippen LogP contribution < -0.4 is 11.4 Å². The SMILES string of the molecule is CC[C@H](c1cc2cc(C)nn2c(=O)n1Cc1ccccc1)N(CCCN)C(=O)c1ccc(Br)cc1. The highest BCUT2D eigenvalue weighted by atomic mass is 79.9. The molecule has 1 amide bonds. The summed E-state index contributed by atoms with van der Waals surface area (Å²) in [6.07, 6.45) is 1.31. The number of fused-ring (bicyclic) bond motifs is 1. The van der Waals surface area contributed by atoms with E-state index in [1.54, 1.807) is 4.57 Å². The molecule has 2 heterocycles. The standard InChI is InChI=1S/C27H30BrN5O2/c1-3-24(31(15-7-14-29)26(34)21-10-12-22(28)13-11-21)25-17-23-16-19(2)30-33(23)27(35)32(25)18-20-8-5-4-6-9-20/h4-6,8-13,16-17,24H,3,7,14-15,18,29H2,1-2H3/t24-/m1/s1. The third-order valence-corrected chi connectivity index (χ3v) is 6.65. The normalized spacial score (nSPS) is 12.1. The van der Waals surface area contributed by atoms with Crippen molar-refractivity contribution in [3.05, 3.63) is 104 Å². The van der Waals surface area contributed by atoms with E-state index in [1.807, 2.05) is 85.5 Å². The van der Waals surface area contributed by atoms with Crippen LogP contribution in [-0.2, 0) is 6.54 Å². The van der Waals surface area contributed by atoms with E-state index in [4.69, 9.17) is 5.73 Å². The lowest BCUT2D eigenvalue weighted by molar-refractivity contribution is 0.0660. The van der Waals surface area contributed by atoms with Crippen LogP contribution in [0.15, 0.2) is 76.0 Å². The van der Waals surface area contributed by atoms with Gasteiger partial charge in [-0.15, -0.1) is 0 Å². The molecule has 2 aromatic heterocycles. The summed E-state index contributed by atoms with van der Waals surface area (Å²) in [5.41, 5.74) is 9.50. The number of halogens is 1. The molecule has 2 aromatic carbocycles. The fraction of sp³-hybridized carbons (Fsp3) is 0.296. The average molecular weight is 536 g/mol. The topological polar surface area (TPSA) is 85.6 Å². The van der Waals surface area contributed by atoms with Crippen molar-refractivity contribution in [2.45, 2.75) is 39.3 Å². The Hall–Kier alpha value is -3.23. The molecule has 0 fully saturated rings. The Bertz CT molecular complexity index is 1360. The van der Waals surface area contributed by atoms with Gasteiger partial charge >= 0.3 is 5.69 Å². The second-order valence-corrected chi connectivity index (χ2v) is 9.53. The third kappa shape index (κ3) is 5.39. The van der Waals surface area contributed by atoms with Crippen LogP contribution in [0.25, 0.3) is 5.52 Å². The smallest absolute Gasteiger partial charge is 0.330 e. The van der Waals surface area contributed by atoms with Crippen LogP contribution in [0.5, 0.6) is 0 Å². The quantitative estimate of drug-likeness (QED) is 0.340. The Morgan fingerprint density at radius 1 is 1.11 bits per heavy atom. The van der Waals surface area contributed by atoms with E-state index >= 15 is 0 Å². The molecular weight excluding hydrogens is 506 g/mol. The van der Waals surface area contributed by atoms with Gasteiger partial charge in [0.2, 0.25) is 0 Å². The van der Waals surface area contributed by atoms with Crippen LogP contribution >= 0.6 is 15.9 Å². The van der Waals surface area contributed by atoms with Gasteiger partial charge in [-0.2, -0.15) is 9.61 Å². The summed E-state index contributed by atoms with van der Waals surface area (Å²) in [7, 11) is 0. The molecule has 0 saturated carbocycles. The number of carbonyl (C=O) groups excluding carboxylic acids is 1. The zero-order valence-corrected chi connectivity index (χ0v) is 21.6. The first-order chi connectivity index (χ1) is 16.9. The second kappa shape index (κ2) is 11.0. The molecule has 8 heteroatoms. The number of aryl methyl sites for hydroxylation is 1. The first-order valence-electron chi connectivity index (χ1n) is 11.8. The number of carbonyl (C=O) groups is 1. The summed E-state index contributed by atoms with van der Waals surface area (Å²) in [5.74, 6) is -0.0823. The van der Waals surface area contributed by atoms with Crippen LogP contribution in [0, 0.1) is 6.92 Å². The number of nitrogens with zero attached hydrogens (tertiary/aromatic N) is 4. The first-order valence-corrected chi connectivity index (χ1v) is 12.6. The van der Waals surface area contributed by atoms with Crippen LogP contribution in [0.4, 0.5) is 0 Å². The number of aromatic nitrogens is 3. The molecule has 4 aromatic rings. The maximum atomic E-state index is 13.7. The van der Waals surface area contributed by atoms with Gasteiger partial charge in [0, 0.05) is 22.3 Å². The highest BCUT2D eigenvalue weighted by molar-refractivity contribution is 9.10. The minimum Gasteiger partial charge on any atom is -0.330 e. The molecular formula is C27H30BrN5O2. The van der Waals surface area contributed by atoms with Crippen LogP contribution in [-0.4, -0.2) is 38.1 Å². The Balaban J connectivity index is 1.86. The Labute approximate surface area is 213 Å². The van der Waals surface area contributed by atoms with E-state index in [-0.39, 0.29) is 17.6 Å². The summed E-state index contributed by atoms with van der Waals surface area (Å²) in [6, 6.07) is 20.8. The monoisotopic (exact) mass is 535 g/mol. The number of nitrogens with two attached hydrogens (primary N) is 1. The summed E-state index contributed by atoms with van der Waals surface area (Å²) in [4.78, 5) is 29.2. The van der Waals surface area contributed by atoms with E-state index in [1.165, 1.54) is 4.52 Å². The molecule has 0 aliphatic heterocycles. The fourth-order valence-corrected chi connectivity index (χ4v) is 4.70. The number of hydrogen-bond donors (Lipinski definition) is 1. The molecule has 7 nitrogen and oxygen atoms in total. The molecule has 4 rings (SSSR count). The van der Waals surface area contributed by atoms with Gasteiger partial charge in [0.1, 0.15) is 0 Å². The number of rotatable bonds is 9. The van der Waals surface area contributed by atoms with Crippen LogP contribution in [0.2, 0.25) is 0 Å². The third-order valence-electron chi connectivity index (χ3n) is 6.12. The minimum absolute atomic E-state index is 0.0823. The largest absolute Gasteiger partial charge is 0.349 e. The van der Waals surface area contributed by atoms with Gasteiger partial charge in [-0.3, -0.25) is 9.36 Å². The van der Waals surface area contributed by atoms with Crippen LogP contribution in [0.1, 0.15) is 53.1 Å². The lowest BCUT2D eigenvalue weighted by Crippen LogP contribution is -2.40. The molecule has 35 heavy (non-hydrogen) atoms. The van der Waals surface area contributed by atoms with Gasteiger partial charge in [-0.05, 0) is 68.3 Å². The van der Waals surface area contributed by atoms with E-state index in [0.29, 0.717) is 38.0 Å². The predicted molar refractivity (Wildman–Crippen MR) is 142 cm³/mol. The molecule has 0 aliphatic rings. The fourth-order valence-electron chi connectivity index (χ4n) is 4.44. The highest BCUT2D eigenvalue weighted by Gasteiger charge is 2.28. The molecule has 0 radical (unpaired) electrons. The Morgan fingerprint density at radius 2 is 1.83 bits per heavy atom. The van der Waals surface area contributed by atoms with Crippen molar-refractivity contribution in [1.29, 1.82) is 0 Å². The molecule has 0 bridgehead atoms. The van der Waals surface area contributed by atoms with Gasteiger partial charge in [-0.25, -0.2) is 4.79 Å². The van der Waals surface area contributed by atoms with Crippen molar-refractivity contribution >= 4 is 27.4 Å². The number of benzene rings is 2. The summed E-state index contributed by atoms with van der Waals surface area (Å²) >= 11 is 3.44. The van der Waals surface area contributed by atoms with Gasteiger partial charge in [-0.1, -0.05) is 53.2 Å². The van der Waals surface area contributed by atoms with Gasteiger partial charge < -0.3 is 10.6 Å². The molecule has 182 valence electrons. The lowest BCUT2D eigenvalue weighted by atomic mass is 10.0. The van der Waals surface area contributed by atoms with E-state index in [9.17, 15) is 9.59 Å². The molecule has 0 unspecified atom stereocenters. The van der Waals surface area contributed by atoms with Crippen molar-refractivity contribution in [1.82, 2.24) is 19.1 Å². The van der Waals surface area contributed by atoms with Crippen molar-refractivity contribution in [2.75, 3.05) is 13.1 Å². The van der Waals surface area contributed by atoms with E-state index in [2.05, 4.69) is 21.0 Å². The first kappa shape index (κ1) is 24.9. The molecule has 0 saturated heterocycles. The van der Waals surface area contributed by atoms with Crippen LogP contribution in [0.3, 0.4) is 0 Å². The van der Waals surface area contributed by atoms with Crippen molar-refractivity contribution in [2.24, 2.45) is 5.73 Å². The lowest BCUT2D eigenvalue weighted by Gasteiger charge is -2.33. The zero-order chi connectivity index (χ0) is 24.9. The molecule has 0 aliphatic carbocycles. The maximum absolute atomic E-state index is 13.7. The van der Waals surface area contributed by atoms with Gasteiger partial charge in [0.05, 0.1) is 23.8 Å². The molecule has 1 atom stereocenters. The molecule has 0 spiro atoms. The predicted octanol–water partition coefficient (Wildman–Crippen LogP) is 4.56. The van der Waals surface area contributed by atoms with Gasteiger partial charge in [0.15, 0.2) is 0 Å². The summed E-state index contributed by atoms with van der Waals surface area (Å²) in [5, 5.41) is 4.41. The Morgan fingerprint density at radius 3 is 2.49 bits per heavy atom. The average Bonchev–Trinajstić information content (AvgIpc) is 3.25. The second-order valence-electron chi connectivity index (χ2n) is 8.62. The van der Waals surface area contributed by atoms with Crippen molar-refractivity contribution in [3.63, 3.8) is 0 Å². The summed E-state index contributed by atoms with van der Waals surface area (Å²) < 4.78 is 4.09. The van der Waals surface area contributed by atoms with E-state index in [0.717, 1.165) is 26.9 Å². The minimum atomic E-state index is -0.311. The van der Waals surface area contributed by atoms with Gasteiger partial charge in [0.25, 0.3) is 5.91 Å². The maximum Gasteiger partial charge on any atom is 0.349 e. The Kier molecular flexibility index (Phi) is 7.83. The zero-order valence-electron chi connectivity index (χ0n) is 20.0. The van der Waals surface area contributed by atoms with E-state index < -0.39 is 0 Å². The number of hydrogen-bond acceptors (Lipinski definition) is 4. The van der Waals surface area contributed by atoms with Crippen molar-refractivity contribution < 1.29 is 4.79 Å². The highest BCUT2D eigenvalue weighted by Crippen LogP contribution is 2.28. The summed E-state index contributed by atoms with van der Waals surface area (Å²) in [6.45, 7) is 5.26. The van der Waals surface area contributed by atoms with Crippen molar-refractivity contribution in [3.8, 4) is 0 Å². The molecule has 2 N–H and O–H groups in total.